The molecule has 1 atom stereocenters. The lowest BCUT2D eigenvalue weighted by atomic mass is 9.98. The Bertz CT molecular complexity index is 1160. The number of anilines is 1. The Kier molecular flexibility index (Phi) is 7.48. The van der Waals surface area contributed by atoms with Crippen LogP contribution in [0.3, 0.4) is 0 Å². The number of methoxy groups -OCH3 is 1. The largest absolute Gasteiger partial charge is 0.495 e. The fourth-order valence-electron chi connectivity index (χ4n) is 4.16. The highest BCUT2D eigenvalue weighted by Crippen LogP contribution is 2.32. The van der Waals surface area contributed by atoms with Crippen molar-refractivity contribution in [1.29, 1.82) is 0 Å². The second kappa shape index (κ2) is 9.96. The minimum Gasteiger partial charge on any atom is -0.495 e. The van der Waals surface area contributed by atoms with Gasteiger partial charge in [0.2, 0.25) is 15.9 Å². The maximum atomic E-state index is 13.7. The van der Waals surface area contributed by atoms with E-state index in [2.05, 4.69) is 5.32 Å². The zero-order chi connectivity index (χ0) is 24.3. The molecule has 180 valence electrons. The minimum atomic E-state index is -4.03. The molecule has 3 rings (SSSR count). The van der Waals surface area contributed by atoms with Crippen molar-refractivity contribution in [1.82, 2.24) is 8.87 Å². The Hall–Kier alpha value is -2.85. The molecule has 0 unspecified atom stereocenters. The summed E-state index contributed by atoms with van der Waals surface area (Å²) in [6, 6.07) is 7.06. The predicted molar refractivity (Wildman–Crippen MR) is 124 cm³/mol. The smallest absolute Gasteiger partial charge is 0.341 e. The first-order valence-electron chi connectivity index (χ1n) is 10.9. The molecule has 2 heterocycles. The minimum absolute atomic E-state index is 0.0267. The Morgan fingerprint density at radius 3 is 2.55 bits per heavy atom. The molecule has 0 bridgehead atoms. The first kappa shape index (κ1) is 24.8. The molecular weight excluding hydrogens is 446 g/mol. The third kappa shape index (κ3) is 4.77. The number of ether oxygens (including phenoxy) is 2. The first-order chi connectivity index (χ1) is 15.6. The van der Waals surface area contributed by atoms with Crippen LogP contribution in [0.25, 0.3) is 0 Å². The van der Waals surface area contributed by atoms with Crippen molar-refractivity contribution in [3.05, 3.63) is 41.2 Å². The molecule has 9 nitrogen and oxygen atoms in total. The predicted octanol–water partition coefficient (Wildman–Crippen LogP) is 2.87. The van der Waals surface area contributed by atoms with Gasteiger partial charge in [-0.2, -0.15) is 4.31 Å². The van der Waals surface area contributed by atoms with Gasteiger partial charge in [0.15, 0.2) is 0 Å². The molecule has 0 saturated carbocycles. The van der Waals surface area contributed by atoms with Gasteiger partial charge in [-0.05, 0) is 45.7 Å². The summed E-state index contributed by atoms with van der Waals surface area (Å²) in [4.78, 5) is 25.5. The molecular formula is C23H31N3O6S. The summed E-state index contributed by atoms with van der Waals surface area (Å²) >= 11 is 0. The van der Waals surface area contributed by atoms with E-state index in [9.17, 15) is 18.0 Å². The fourth-order valence-corrected chi connectivity index (χ4v) is 6.17. The highest BCUT2D eigenvalue weighted by molar-refractivity contribution is 7.89. The first-order valence-corrected chi connectivity index (χ1v) is 12.3. The van der Waals surface area contributed by atoms with Crippen LogP contribution in [0.5, 0.6) is 5.75 Å². The summed E-state index contributed by atoms with van der Waals surface area (Å²) < 4.78 is 40.8. The highest BCUT2D eigenvalue weighted by Gasteiger charge is 2.39. The third-order valence-electron chi connectivity index (χ3n) is 6.12. The van der Waals surface area contributed by atoms with Gasteiger partial charge in [0.1, 0.15) is 16.2 Å². The second-order valence-electron chi connectivity index (χ2n) is 8.05. The van der Waals surface area contributed by atoms with E-state index in [4.69, 9.17) is 9.47 Å². The van der Waals surface area contributed by atoms with E-state index in [0.29, 0.717) is 35.7 Å². The van der Waals surface area contributed by atoms with Crippen molar-refractivity contribution in [2.24, 2.45) is 13.0 Å². The van der Waals surface area contributed by atoms with Gasteiger partial charge in [-0.25, -0.2) is 13.2 Å². The van der Waals surface area contributed by atoms with Gasteiger partial charge in [0.05, 0.1) is 25.3 Å². The van der Waals surface area contributed by atoms with Crippen molar-refractivity contribution in [2.75, 3.05) is 32.1 Å². The number of amides is 1. The molecule has 2 aromatic rings. The quantitative estimate of drug-likeness (QED) is 0.615. The summed E-state index contributed by atoms with van der Waals surface area (Å²) in [7, 11) is -0.800. The zero-order valence-corrected chi connectivity index (χ0v) is 20.5. The molecule has 0 radical (unpaired) electrons. The molecule has 1 aromatic heterocycles. The van der Waals surface area contributed by atoms with Crippen LogP contribution in [0.15, 0.2) is 29.2 Å². The van der Waals surface area contributed by atoms with Crippen molar-refractivity contribution >= 4 is 27.6 Å². The highest BCUT2D eigenvalue weighted by atomic mass is 32.2. The van der Waals surface area contributed by atoms with Gasteiger partial charge in [0, 0.05) is 31.5 Å². The van der Waals surface area contributed by atoms with Crippen LogP contribution < -0.4 is 10.1 Å². The molecule has 1 fully saturated rings. The van der Waals surface area contributed by atoms with Crippen LogP contribution in [0.1, 0.15) is 41.5 Å². The number of rotatable bonds is 7. The number of benzene rings is 1. The van der Waals surface area contributed by atoms with E-state index < -0.39 is 21.9 Å². The van der Waals surface area contributed by atoms with Gasteiger partial charge in [0.25, 0.3) is 0 Å². The zero-order valence-electron chi connectivity index (χ0n) is 19.7. The van der Waals surface area contributed by atoms with Crippen LogP contribution >= 0.6 is 0 Å². The summed E-state index contributed by atoms with van der Waals surface area (Å²) in [5.41, 5.74) is 1.56. The number of carbonyl (C=O) groups is 2. The topological polar surface area (TPSA) is 107 Å². The number of piperidine rings is 1. The van der Waals surface area contributed by atoms with Crippen LogP contribution in [-0.2, 0) is 26.6 Å². The molecule has 1 aliphatic heterocycles. The Morgan fingerprint density at radius 2 is 1.88 bits per heavy atom. The standard InChI is InChI=1S/C23H31N3O6S/c1-6-32-23(28)20-15(2)25(4)16(3)21(20)33(29,30)26-13-9-10-17(14-26)22(27)24-18-11-7-8-12-19(18)31-5/h7-8,11-12,17H,6,9-10,13-14H2,1-5H3,(H,24,27)/t17-/m0/s1. The number of para-hydroxylation sites is 2. The van der Waals surface area contributed by atoms with E-state index in [1.807, 2.05) is 0 Å². The number of nitrogens with zero attached hydrogens (tertiary/aromatic N) is 2. The van der Waals surface area contributed by atoms with Gasteiger partial charge in [-0.1, -0.05) is 12.1 Å². The third-order valence-corrected chi connectivity index (χ3v) is 8.15. The van der Waals surface area contributed by atoms with Gasteiger partial charge < -0.3 is 19.4 Å². The fraction of sp³-hybridized carbons (Fsp3) is 0.478. The van der Waals surface area contributed by atoms with Crippen molar-refractivity contribution in [3.63, 3.8) is 0 Å². The summed E-state index contributed by atoms with van der Waals surface area (Å²) in [6.45, 7) is 5.47. The molecule has 33 heavy (non-hydrogen) atoms. The lowest BCUT2D eigenvalue weighted by molar-refractivity contribution is -0.120. The van der Waals surface area contributed by atoms with Crippen molar-refractivity contribution in [3.8, 4) is 5.75 Å². The SMILES string of the molecule is CCOC(=O)c1c(S(=O)(=O)N2CCC[C@H](C(=O)Nc3ccccc3OC)C2)c(C)n(C)c1C. The Labute approximate surface area is 194 Å². The second-order valence-corrected chi connectivity index (χ2v) is 9.92. The molecule has 0 spiro atoms. The molecule has 1 saturated heterocycles. The lowest BCUT2D eigenvalue weighted by Crippen LogP contribution is -2.44. The summed E-state index contributed by atoms with van der Waals surface area (Å²) in [6.07, 6.45) is 1.09. The van der Waals surface area contributed by atoms with Crippen LogP contribution in [0.4, 0.5) is 5.69 Å². The molecule has 1 N–H and O–H groups in total. The average Bonchev–Trinajstić information content (AvgIpc) is 3.04. The van der Waals surface area contributed by atoms with E-state index in [1.54, 1.807) is 56.7 Å². The summed E-state index contributed by atoms with van der Waals surface area (Å²) in [5.74, 6) is -0.944. The molecule has 1 aromatic carbocycles. The number of hydrogen-bond donors (Lipinski definition) is 1. The molecule has 0 aliphatic carbocycles. The Balaban J connectivity index is 1.89. The Morgan fingerprint density at radius 1 is 1.18 bits per heavy atom. The maximum absolute atomic E-state index is 13.7. The number of hydrogen-bond acceptors (Lipinski definition) is 6. The van der Waals surface area contributed by atoms with Gasteiger partial charge in [-0.3, -0.25) is 4.79 Å². The molecule has 1 amide bonds. The van der Waals surface area contributed by atoms with Gasteiger partial charge in [-0.15, -0.1) is 0 Å². The lowest BCUT2D eigenvalue weighted by Gasteiger charge is -2.31. The van der Waals surface area contributed by atoms with E-state index in [-0.39, 0.29) is 36.1 Å². The monoisotopic (exact) mass is 477 g/mol. The van der Waals surface area contributed by atoms with Crippen LogP contribution in [0, 0.1) is 19.8 Å². The number of nitrogens with one attached hydrogen (secondary N) is 1. The van der Waals surface area contributed by atoms with E-state index in [0.717, 1.165) is 0 Å². The molecule has 10 heteroatoms. The van der Waals surface area contributed by atoms with Crippen LogP contribution in [-0.4, -0.2) is 56.0 Å². The van der Waals surface area contributed by atoms with Gasteiger partial charge >= 0.3 is 5.97 Å². The van der Waals surface area contributed by atoms with E-state index >= 15 is 0 Å². The van der Waals surface area contributed by atoms with Crippen molar-refractivity contribution < 1.29 is 27.5 Å². The number of sulfonamides is 1. The average molecular weight is 478 g/mol. The normalized spacial score (nSPS) is 16.9. The number of esters is 1. The van der Waals surface area contributed by atoms with E-state index in [1.165, 1.54) is 11.4 Å². The van der Waals surface area contributed by atoms with Crippen molar-refractivity contribution in [2.45, 2.75) is 38.5 Å². The van der Waals surface area contributed by atoms with Crippen LogP contribution in [0.2, 0.25) is 0 Å². The number of carbonyl (C=O) groups excluding carboxylic acids is 2. The number of aromatic nitrogens is 1. The molecule has 1 aliphatic rings. The maximum Gasteiger partial charge on any atom is 0.341 e. The summed E-state index contributed by atoms with van der Waals surface area (Å²) in [5, 5.41) is 2.85.